The molecule has 154 valence electrons. The summed E-state index contributed by atoms with van der Waals surface area (Å²) in [5, 5.41) is 42.0. The molecule has 3 aromatic rings. The van der Waals surface area contributed by atoms with Gasteiger partial charge in [-0.2, -0.15) is 0 Å². The molecule has 1 aromatic carbocycles. The number of halogens is 2. The lowest BCUT2D eigenvalue weighted by molar-refractivity contribution is -0.178. The van der Waals surface area contributed by atoms with E-state index < -0.39 is 36.4 Å². The molecule has 8 nitrogen and oxygen atoms in total. The summed E-state index contributed by atoms with van der Waals surface area (Å²) in [5.74, 6) is 0. The predicted molar refractivity (Wildman–Crippen MR) is 110 cm³/mol. The maximum Gasteiger partial charge on any atom is 0.136 e. The molecule has 2 aromatic heterocycles. The van der Waals surface area contributed by atoms with Crippen LogP contribution in [0.5, 0.6) is 0 Å². The lowest BCUT2D eigenvalue weighted by atomic mass is 9.97. The van der Waals surface area contributed by atoms with Crippen molar-refractivity contribution in [2.45, 2.75) is 34.7 Å². The Morgan fingerprint density at radius 1 is 1.17 bits per heavy atom. The summed E-state index contributed by atoms with van der Waals surface area (Å²) in [6.07, 6.45) is -1.63. The number of hydrogen-bond acceptors (Lipinski definition) is 9. The third kappa shape index (κ3) is 4.30. The number of aromatic nitrogens is 4. The number of hydrogen-bond donors (Lipinski definition) is 3. The van der Waals surface area contributed by atoms with Crippen LogP contribution in [0.25, 0.3) is 11.4 Å². The van der Waals surface area contributed by atoms with Gasteiger partial charge in [-0.25, -0.2) is 9.67 Å². The molecule has 1 fully saturated rings. The van der Waals surface area contributed by atoms with Gasteiger partial charge in [0.15, 0.2) is 0 Å². The maximum absolute atomic E-state index is 10.9. The monoisotopic (exact) mass is 474 g/mol. The molecular weight excluding hydrogens is 459 g/mol. The van der Waals surface area contributed by atoms with Crippen LogP contribution in [-0.4, -0.2) is 65.7 Å². The molecule has 5 unspecified atom stereocenters. The van der Waals surface area contributed by atoms with Crippen LogP contribution < -0.4 is 0 Å². The minimum absolute atomic E-state index is 0.376. The van der Waals surface area contributed by atoms with Crippen molar-refractivity contribution >= 4 is 46.3 Å². The van der Waals surface area contributed by atoms with Crippen LogP contribution in [0.2, 0.25) is 10.0 Å². The first-order valence-corrected chi connectivity index (χ1v) is 11.1. The fourth-order valence-electron chi connectivity index (χ4n) is 3.04. The van der Waals surface area contributed by atoms with Crippen LogP contribution in [0.15, 0.2) is 40.2 Å². The zero-order valence-corrected chi connectivity index (χ0v) is 17.8. The SMILES string of the molecule is OCC1OC(Sc2ccc(Cl)c(Cl)c2)C(O)C(n2cc(-c3cscn3)nn2)C1O. The first kappa shape index (κ1) is 21.0. The maximum atomic E-state index is 10.9. The van der Waals surface area contributed by atoms with E-state index in [0.29, 0.717) is 21.4 Å². The zero-order chi connectivity index (χ0) is 20.5. The Hall–Kier alpha value is -1.24. The summed E-state index contributed by atoms with van der Waals surface area (Å²) >= 11 is 14.7. The van der Waals surface area contributed by atoms with Crippen LogP contribution in [0, 0.1) is 0 Å². The van der Waals surface area contributed by atoms with Gasteiger partial charge in [-0.05, 0) is 18.2 Å². The predicted octanol–water partition coefficient (Wildman–Crippen LogP) is 2.48. The van der Waals surface area contributed by atoms with E-state index in [1.807, 2.05) is 5.38 Å². The zero-order valence-electron chi connectivity index (χ0n) is 14.7. The Morgan fingerprint density at radius 2 is 2.00 bits per heavy atom. The van der Waals surface area contributed by atoms with Gasteiger partial charge in [0.25, 0.3) is 0 Å². The van der Waals surface area contributed by atoms with Crippen molar-refractivity contribution in [3.05, 3.63) is 45.3 Å². The summed E-state index contributed by atoms with van der Waals surface area (Å²) in [7, 11) is 0. The van der Waals surface area contributed by atoms with Crippen LogP contribution in [0.3, 0.4) is 0 Å². The van der Waals surface area contributed by atoms with E-state index in [1.165, 1.54) is 27.8 Å². The third-order valence-corrected chi connectivity index (χ3v) is 6.98. The molecule has 0 spiro atoms. The Morgan fingerprint density at radius 3 is 2.69 bits per heavy atom. The molecule has 1 aliphatic rings. The standard InChI is InChI=1S/C17H16Cl2N4O4S2/c18-9-2-1-8(3-10(9)19)29-17-16(26)14(15(25)13(5-24)27-17)23-4-11(21-22-23)12-6-28-7-20-12/h1-4,6-7,13-17,24-26H,5H2. The van der Waals surface area contributed by atoms with E-state index in [-0.39, 0.29) is 0 Å². The number of ether oxygens (including phenoxy) is 1. The molecule has 0 bridgehead atoms. The third-order valence-electron chi connectivity index (χ3n) is 4.50. The number of aliphatic hydroxyl groups excluding tert-OH is 3. The van der Waals surface area contributed by atoms with E-state index in [1.54, 1.807) is 29.9 Å². The van der Waals surface area contributed by atoms with Gasteiger partial charge < -0.3 is 20.1 Å². The van der Waals surface area contributed by atoms with Crippen molar-refractivity contribution in [1.82, 2.24) is 20.0 Å². The van der Waals surface area contributed by atoms with Gasteiger partial charge in [0, 0.05) is 10.3 Å². The van der Waals surface area contributed by atoms with E-state index in [9.17, 15) is 15.3 Å². The van der Waals surface area contributed by atoms with Gasteiger partial charge in [-0.3, -0.25) is 0 Å². The van der Waals surface area contributed by atoms with E-state index in [2.05, 4.69) is 15.3 Å². The minimum atomic E-state index is -1.19. The summed E-state index contributed by atoms with van der Waals surface area (Å²) in [6.45, 7) is -0.420. The number of thioether (sulfide) groups is 1. The fourth-order valence-corrected chi connectivity index (χ4v) is 5.05. The van der Waals surface area contributed by atoms with Crippen LogP contribution in [-0.2, 0) is 4.74 Å². The highest BCUT2D eigenvalue weighted by molar-refractivity contribution is 7.99. The van der Waals surface area contributed by atoms with Crippen LogP contribution >= 0.6 is 46.3 Å². The molecular formula is C17H16Cl2N4O4S2. The number of rotatable bonds is 5. The fraction of sp³-hybridized carbons (Fsp3) is 0.353. The quantitative estimate of drug-likeness (QED) is 0.516. The second kappa shape index (κ2) is 8.86. The Balaban J connectivity index is 1.61. The largest absolute Gasteiger partial charge is 0.394 e. The molecule has 0 radical (unpaired) electrons. The lowest BCUT2D eigenvalue weighted by Gasteiger charge is -2.41. The minimum Gasteiger partial charge on any atom is -0.394 e. The van der Waals surface area contributed by atoms with Gasteiger partial charge in [0.2, 0.25) is 0 Å². The number of nitrogens with zero attached hydrogens (tertiary/aromatic N) is 4. The van der Waals surface area contributed by atoms with Crippen molar-refractivity contribution in [2.75, 3.05) is 6.61 Å². The van der Waals surface area contributed by atoms with Gasteiger partial charge in [0.1, 0.15) is 41.2 Å². The molecule has 12 heteroatoms. The lowest BCUT2D eigenvalue weighted by Crippen LogP contribution is -2.55. The highest BCUT2D eigenvalue weighted by Crippen LogP contribution is 2.39. The summed E-state index contributed by atoms with van der Waals surface area (Å²) in [5.41, 5.74) is 2.06. The highest BCUT2D eigenvalue weighted by atomic mass is 35.5. The molecule has 3 heterocycles. The summed E-state index contributed by atoms with van der Waals surface area (Å²) < 4.78 is 7.12. The van der Waals surface area contributed by atoms with E-state index in [0.717, 1.165) is 4.90 Å². The van der Waals surface area contributed by atoms with Gasteiger partial charge in [-0.1, -0.05) is 40.2 Å². The first-order chi connectivity index (χ1) is 14.0. The Labute approximate surface area is 184 Å². The van der Waals surface area contributed by atoms with Gasteiger partial charge in [0.05, 0.1) is 28.4 Å². The van der Waals surface area contributed by atoms with Crippen molar-refractivity contribution in [3.63, 3.8) is 0 Å². The smallest absolute Gasteiger partial charge is 0.136 e. The first-order valence-electron chi connectivity index (χ1n) is 8.52. The van der Waals surface area contributed by atoms with Gasteiger partial charge >= 0.3 is 0 Å². The van der Waals surface area contributed by atoms with Crippen LogP contribution in [0.1, 0.15) is 6.04 Å². The average molecular weight is 475 g/mol. The normalized spacial score (nSPS) is 27.3. The molecule has 0 aliphatic carbocycles. The number of aliphatic hydroxyl groups is 3. The molecule has 1 saturated heterocycles. The van der Waals surface area contributed by atoms with Crippen molar-refractivity contribution < 1.29 is 20.1 Å². The second-order valence-electron chi connectivity index (χ2n) is 6.35. The molecule has 4 rings (SSSR count). The summed E-state index contributed by atoms with van der Waals surface area (Å²) in [4.78, 5) is 4.91. The highest BCUT2D eigenvalue weighted by Gasteiger charge is 2.46. The van der Waals surface area contributed by atoms with Crippen molar-refractivity contribution in [3.8, 4) is 11.4 Å². The number of benzene rings is 1. The second-order valence-corrected chi connectivity index (χ2v) is 9.05. The van der Waals surface area contributed by atoms with E-state index >= 15 is 0 Å². The molecule has 0 saturated carbocycles. The van der Waals surface area contributed by atoms with E-state index in [4.69, 9.17) is 27.9 Å². The molecule has 5 atom stereocenters. The van der Waals surface area contributed by atoms with Gasteiger partial charge in [-0.15, -0.1) is 16.4 Å². The molecule has 0 amide bonds. The summed E-state index contributed by atoms with van der Waals surface area (Å²) in [6, 6.07) is 4.18. The van der Waals surface area contributed by atoms with Crippen molar-refractivity contribution in [1.29, 1.82) is 0 Å². The van der Waals surface area contributed by atoms with Crippen LogP contribution in [0.4, 0.5) is 0 Å². The molecule has 29 heavy (non-hydrogen) atoms. The number of thiazole rings is 1. The molecule has 1 aliphatic heterocycles. The molecule has 3 N–H and O–H groups in total. The van der Waals surface area contributed by atoms with Crippen molar-refractivity contribution in [2.24, 2.45) is 0 Å². The topological polar surface area (TPSA) is 114 Å². The average Bonchev–Trinajstić information content (AvgIpc) is 3.39. The Kier molecular flexibility index (Phi) is 6.42. The Bertz CT molecular complexity index is 974.